The summed E-state index contributed by atoms with van der Waals surface area (Å²) in [6.07, 6.45) is -2.86. The summed E-state index contributed by atoms with van der Waals surface area (Å²) in [5, 5.41) is 7.95. The lowest BCUT2D eigenvalue weighted by Gasteiger charge is -2.20. The fraction of sp³-hybridized carbons (Fsp3) is 0.238. The number of amides is 1. The Kier molecular flexibility index (Phi) is 6.02. The number of carbonyl (C=O) groups excluding carboxylic acids is 1. The summed E-state index contributed by atoms with van der Waals surface area (Å²) in [5.74, 6) is -0.507. The molecular formula is C21H20F3N3OS. The predicted molar refractivity (Wildman–Crippen MR) is 112 cm³/mol. The second-order valence-electron chi connectivity index (χ2n) is 6.37. The van der Waals surface area contributed by atoms with E-state index in [-0.39, 0.29) is 10.9 Å². The number of rotatable bonds is 5. The van der Waals surface area contributed by atoms with Gasteiger partial charge >= 0.3 is 6.18 Å². The van der Waals surface area contributed by atoms with Crippen LogP contribution in [0.15, 0.2) is 53.4 Å². The third-order valence-corrected chi connectivity index (χ3v) is 5.46. The normalized spacial score (nSPS) is 16.0. The molecule has 4 nitrogen and oxygen atoms in total. The molecular weight excluding hydrogens is 399 g/mol. The maximum absolute atomic E-state index is 13.0. The minimum Gasteiger partial charge on any atom is -0.372 e. The van der Waals surface area contributed by atoms with E-state index < -0.39 is 17.6 Å². The van der Waals surface area contributed by atoms with Gasteiger partial charge in [-0.15, -0.1) is 0 Å². The van der Waals surface area contributed by atoms with Gasteiger partial charge in [0.2, 0.25) is 0 Å². The Morgan fingerprint density at radius 1 is 1.10 bits per heavy atom. The summed E-state index contributed by atoms with van der Waals surface area (Å²) >= 11 is 0.933. The number of carbonyl (C=O) groups is 1. The van der Waals surface area contributed by atoms with Gasteiger partial charge in [0.1, 0.15) is 0 Å². The van der Waals surface area contributed by atoms with Crippen LogP contribution in [0.3, 0.4) is 0 Å². The highest BCUT2D eigenvalue weighted by atomic mass is 32.2. The maximum atomic E-state index is 13.0. The van der Waals surface area contributed by atoms with E-state index in [1.807, 2.05) is 24.3 Å². The van der Waals surface area contributed by atoms with Gasteiger partial charge in [0, 0.05) is 18.8 Å². The van der Waals surface area contributed by atoms with Crippen molar-refractivity contribution in [2.24, 2.45) is 0 Å². The molecule has 0 unspecified atom stereocenters. The molecule has 0 aliphatic carbocycles. The lowest BCUT2D eigenvalue weighted by molar-refractivity contribution is -0.137. The molecule has 1 saturated heterocycles. The maximum Gasteiger partial charge on any atom is 0.416 e. The molecule has 0 aromatic heterocycles. The van der Waals surface area contributed by atoms with Crippen LogP contribution >= 0.6 is 11.8 Å². The summed E-state index contributed by atoms with van der Waals surface area (Å²) in [6, 6.07) is 12.1. The summed E-state index contributed by atoms with van der Waals surface area (Å²) in [4.78, 5) is 16.2. The van der Waals surface area contributed by atoms with Crippen LogP contribution in [0, 0.1) is 5.41 Å². The largest absolute Gasteiger partial charge is 0.416 e. The number of thioether (sulfide) groups is 1. The van der Waals surface area contributed by atoms with Crippen LogP contribution in [0.2, 0.25) is 0 Å². The molecule has 1 amide bonds. The second-order valence-corrected chi connectivity index (χ2v) is 7.40. The van der Waals surface area contributed by atoms with E-state index >= 15 is 0 Å². The lowest BCUT2D eigenvalue weighted by Crippen LogP contribution is -2.28. The molecule has 1 fully saturated rings. The number of amidine groups is 1. The zero-order valence-electron chi connectivity index (χ0n) is 16.0. The van der Waals surface area contributed by atoms with Crippen molar-refractivity contribution >= 4 is 40.3 Å². The van der Waals surface area contributed by atoms with Crippen molar-refractivity contribution in [2.75, 3.05) is 22.9 Å². The number of anilines is 2. The predicted octanol–water partition coefficient (Wildman–Crippen LogP) is 5.61. The third-order valence-electron chi connectivity index (χ3n) is 4.57. The minimum atomic E-state index is -4.51. The highest BCUT2D eigenvalue weighted by Crippen LogP contribution is 2.37. The molecule has 152 valence electrons. The van der Waals surface area contributed by atoms with E-state index in [0.29, 0.717) is 4.91 Å². The Morgan fingerprint density at radius 2 is 1.76 bits per heavy atom. The van der Waals surface area contributed by atoms with Crippen molar-refractivity contribution in [3.05, 3.63) is 64.6 Å². The summed E-state index contributed by atoms with van der Waals surface area (Å²) in [5.41, 5.74) is 1.03. The van der Waals surface area contributed by atoms with E-state index in [0.717, 1.165) is 53.1 Å². The van der Waals surface area contributed by atoms with Crippen molar-refractivity contribution in [3.8, 4) is 0 Å². The zero-order valence-corrected chi connectivity index (χ0v) is 16.8. The third kappa shape index (κ3) is 4.48. The molecule has 0 spiro atoms. The van der Waals surface area contributed by atoms with Crippen molar-refractivity contribution in [2.45, 2.75) is 20.0 Å². The van der Waals surface area contributed by atoms with Gasteiger partial charge in [0.15, 0.2) is 5.17 Å². The first-order valence-electron chi connectivity index (χ1n) is 9.09. The van der Waals surface area contributed by atoms with Crippen molar-refractivity contribution in [1.82, 2.24) is 0 Å². The fourth-order valence-electron chi connectivity index (χ4n) is 3.06. The van der Waals surface area contributed by atoms with Gasteiger partial charge in [-0.25, -0.2) is 0 Å². The molecule has 1 aliphatic heterocycles. The molecule has 1 N–H and O–H groups in total. The summed E-state index contributed by atoms with van der Waals surface area (Å²) in [6.45, 7) is 5.91. The van der Waals surface area contributed by atoms with Crippen molar-refractivity contribution in [3.63, 3.8) is 0 Å². The Labute approximate surface area is 171 Å². The molecule has 0 bridgehead atoms. The Bertz CT molecular complexity index is 950. The van der Waals surface area contributed by atoms with Gasteiger partial charge in [-0.2, -0.15) is 13.2 Å². The van der Waals surface area contributed by atoms with Gasteiger partial charge in [-0.05, 0) is 67.6 Å². The summed E-state index contributed by atoms with van der Waals surface area (Å²) in [7, 11) is 0. The smallest absolute Gasteiger partial charge is 0.372 e. The first kappa shape index (κ1) is 21.0. The number of nitrogens with one attached hydrogen (secondary N) is 1. The Morgan fingerprint density at radius 3 is 2.34 bits per heavy atom. The Hall–Kier alpha value is -2.74. The highest BCUT2D eigenvalue weighted by molar-refractivity contribution is 8.19. The van der Waals surface area contributed by atoms with Crippen LogP contribution in [0.5, 0.6) is 0 Å². The molecule has 0 saturated carbocycles. The average Bonchev–Trinajstić information content (AvgIpc) is 2.96. The molecule has 3 rings (SSSR count). The number of halogens is 3. The molecule has 2 aromatic rings. The van der Waals surface area contributed by atoms with Gasteiger partial charge in [0.05, 0.1) is 16.2 Å². The molecule has 29 heavy (non-hydrogen) atoms. The minimum absolute atomic E-state index is 0.0302. The van der Waals surface area contributed by atoms with E-state index in [9.17, 15) is 18.0 Å². The zero-order chi connectivity index (χ0) is 21.2. The van der Waals surface area contributed by atoms with Crippen LogP contribution in [-0.2, 0) is 11.0 Å². The van der Waals surface area contributed by atoms with E-state index in [2.05, 4.69) is 18.7 Å². The highest BCUT2D eigenvalue weighted by Gasteiger charge is 2.36. The molecule has 0 atom stereocenters. The number of alkyl halides is 3. The van der Waals surface area contributed by atoms with Crippen molar-refractivity contribution in [1.29, 1.82) is 5.41 Å². The van der Waals surface area contributed by atoms with Gasteiger partial charge in [-0.1, -0.05) is 18.2 Å². The van der Waals surface area contributed by atoms with Crippen LogP contribution in [-0.4, -0.2) is 24.2 Å². The standard InChI is InChI=1S/C21H20F3N3OS/c1-3-26(4-2)16-10-8-14(9-11-16)12-18-19(28)27(20(25)29-18)17-7-5-6-15(13-17)21(22,23)24/h5-13,25H,3-4H2,1-2H3/b18-12-,25-20?. The number of benzene rings is 2. The molecule has 8 heteroatoms. The first-order valence-corrected chi connectivity index (χ1v) is 9.91. The lowest BCUT2D eigenvalue weighted by atomic mass is 10.1. The van der Waals surface area contributed by atoms with E-state index in [1.165, 1.54) is 12.1 Å². The van der Waals surface area contributed by atoms with Crippen LogP contribution in [0.1, 0.15) is 25.0 Å². The van der Waals surface area contributed by atoms with Crippen LogP contribution < -0.4 is 9.80 Å². The fourth-order valence-corrected chi connectivity index (χ4v) is 3.93. The van der Waals surface area contributed by atoms with Gasteiger partial charge < -0.3 is 4.90 Å². The molecule has 2 aromatic carbocycles. The topological polar surface area (TPSA) is 47.4 Å². The van der Waals surface area contributed by atoms with E-state index in [4.69, 9.17) is 5.41 Å². The second kappa shape index (κ2) is 8.32. The monoisotopic (exact) mass is 419 g/mol. The summed E-state index contributed by atoms with van der Waals surface area (Å²) < 4.78 is 38.9. The SMILES string of the molecule is CCN(CC)c1ccc(/C=C2\SC(=N)N(c3cccc(C(F)(F)F)c3)C2=O)cc1. The number of hydrogen-bond acceptors (Lipinski definition) is 4. The number of hydrogen-bond donors (Lipinski definition) is 1. The van der Waals surface area contributed by atoms with Gasteiger partial charge in [0.25, 0.3) is 5.91 Å². The quantitative estimate of drug-likeness (QED) is 0.641. The Balaban J connectivity index is 1.85. The molecule has 0 radical (unpaired) electrons. The van der Waals surface area contributed by atoms with Crippen molar-refractivity contribution < 1.29 is 18.0 Å². The van der Waals surface area contributed by atoms with Crippen LogP contribution in [0.4, 0.5) is 24.5 Å². The molecule has 1 heterocycles. The van der Waals surface area contributed by atoms with Crippen LogP contribution in [0.25, 0.3) is 6.08 Å². The number of nitrogens with zero attached hydrogens (tertiary/aromatic N) is 2. The van der Waals surface area contributed by atoms with Gasteiger partial charge in [-0.3, -0.25) is 15.1 Å². The first-order chi connectivity index (χ1) is 13.7. The van der Waals surface area contributed by atoms with E-state index in [1.54, 1.807) is 6.08 Å². The average molecular weight is 419 g/mol. The molecule has 1 aliphatic rings.